The molecule has 0 atom stereocenters. The van der Waals surface area contributed by atoms with Crippen LogP contribution in [0.15, 0.2) is 16.6 Å². The van der Waals surface area contributed by atoms with Crippen molar-refractivity contribution in [2.75, 3.05) is 11.9 Å². The van der Waals surface area contributed by atoms with Gasteiger partial charge in [-0.3, -0.25) is 0 Å². The molecule has 17 heavy (non-hydrogen) atoms. The summed E-state index contributed by atoms with van der Waals surface area (Å²) < 4.78 is 13.5. The van der Waals surface area contributed by atoms with E-state index >= 15 is 0 Å². The molecule has 0 aromatic heterocycles. The number of hydrogen-bond donors (Lipinski definition) is 2. The van der Waals surface area contributed by atoms with Crippen LogP contribution in [0.3, 0.4) is 0 Å². The Balaban J connectivity index is 2.65. The maximum absolute atomic E-state index is 13.0. The van der Waals surface area contributed by atoms with E-state index in [1.807, 2.05) is 0 Å². The van der Waals surface area contributed by atoms with E-state index in [1.54, 1.807) is 0 Å². The third-order valence-corrected chi connectivity index (χ3v) is 3.23. The lowest BCUT2D eigenvalue weighted by Crippen LogP contribution is -2.29. The molecule has 0 saturated carbocycles. The largest absolute Gasteiger partial charge is 0.362 e. The van der Waals surface area contributed by atoms with Crippen LogP contribution in [0.1, 0.15) is 19.8 Å². The fourth-order valence-electron chi connectivity index (χ4n) is 1.20. The van der Waals surface area contributed by atoms with Gasteiger partial charge in [0, 0.05) is 11.0 Å². The first-order valence-electron chi connectivity index (χ1n) is 5.24. The summed E-state index contributed by atoms with van der Waals surface area (Å²) in [6.07, 6.45) is 2.14. The summed E-state index contributed by atoms with van der Waals surface area (Å²) in [6, 6.07) is 2.58. The van der Waals surface area contributed by atoms with Crippen LogP contribution in [0.25, 0.3) is 0 Å². The molecule has 0 unspecified atom stereocenters. The summed E-state index contributed by atoms with van der Waals surface area (Å²) in [7, 11) is 0. The Hall–Kier alpha value is -0.390. The lowest BCUT2D eigenvalue weighted by Gasteiger charge is -2.13. The quantitative estimate of drug-likeness (QED) is 0.631. The van der Waals surface area contributed by atoms with Crippen molar-refractivity contribution >= 4 is 50.5 Å². The lowest BCUT2D eigenvalue weighted by molar-refractivity contribution is 0.627. The minimum atomic E-state index is -0.391. The van der Waals surface area contributed by atoms with Gasteiger partial charge in [-0.05, 0) is 46.7 Å². The van der Waals surface area contributed by atoms with E-state index in [9.17, 15) is 4.39 Å². The molecule has 0 aliphatic rings. The third-order valence-electron chi connectivity index (χ3n) is 2.06. The Bertz CT molecular complexity index is 391. The van der Waals surface area contributed by atoms with Gasteiger partial charge in [-0.25, -0.2) is 4.39 Å². The molecule has 0 fully saturated rings. The summed E-state index contributed by atoms with van der Waals surface area (Å²) in [5.74, 6) is -0.391. The van der Waals surface area contributed by atoms with Crippen LogP contribution < -0.4 is 10.6 Å². The van der Waals surface area contributed by atoms with Gasteiger partial charge < -0.3 is 10.6 Å². The van der Waals surface area contributed by atoms with Crippen LogP contribution in [-0.2, 0) is 0 Å². The first-order valence-corrected chi connectivity index (χ1v) is 6.82. The zero-order valence-electron chi connectivity index (χ0n) is 9.32. The lowest BCUT2D eigenvalue weighted by atomic mass is 10.3. The molecule has 2 N–H and O–H groups in total. The van der Waals surface area contributed by atoms with Crippen LogP contribution in [-0.4, -0.2) is 11.7 Å². The van der Waals surface area contributed by atoms with Crippen molar-refractivity contribution in [1.82, 2.24) is 5.32 Å². The maximum atomic E-state index is 13.0. The first-order chi connectivity index (χ1) is 8.04. The smallest absolute Gasteiger partial charge is 0.170 e. The molecule has 0 saturated heterocycles. The Morgan fingerprint density at radius 1 is 1.53 bits per heavy atom. The topological polar surface area (TPSA) is 24.1 Å². The van der Waals surface area contributed by atoms with Crippen molar-refractivity contribution in [2.45, 2.75) is 19.8 Å². The number of anilines is 1. The summed E-state index contributed by atoms with van der Waals surface area (Å²) in [5.41, 5.74) is 0.571. The van der Waals surface area contributed by atoms with Gasteiger partial charge in [-0.15, -0.1) is 0 Å². The normalized spacial score (nSPS) is 10.1. The Morgan fingerprint density at radius 3 is 2.82 bits per heavy atom. The molecular formula is C11H13BrClFN2S. The predicted molar refractivity (Wildman–Crippen MR) is 78.2 cm³/mol. The number of unbranched alkanes of at least 4 members (excludes halogenated alkanes) is 1. The van der Waals surface area contributed by atoms with Gasteiger partial charge in [0.25, 0.3) is 0 Å². The molecule has 1 rings (SSSR count). The van der Waals surface area contributed by atoms with E-state index in [0.717, 1.165) is 19.4 Å². The Kier molecular flexibility index (Phi) is 6.16. The summed E-state index contributed by atoms with van der Waals surface area (Å²) >= 11 is 14.3. The fourth-order valence-corrected chi connectivity index (χ4v) is 2.30. The second-order valence-corrected chi connectivity index (χ2v) is 5.15. The van der Waals surface area contributed by atoms with Gasteiger partial charge in [0.2, 0.25) is 0 Å². The van der Waals surface area contributed by atoms with Gasteiger partial charge in [-0.2, -0.15) is 0 Å². The minimum Gasteiger partial charge on any atom is -0.362 e. The van der Waals surface area contributed by atoms with Gasteiger partial charge in [-0.1, -0.05) is 24.9 Å². The van der Waals surface area contributed by atoms with Gasteiger partial charge >= 0.3 is 0 Å². The standard InChI is InChI=1S/C11H13BrClFN2S/c1-2-3-4-15-11(17)16-10-8(12)5-7(14)6-9(10)13/h5-6H,2-4H2,1H3,(H2,15,16,17). The highest BCUT2D eigenvalue weighted by atomic mass is 79.9. The van der Waals surface area contributed by atoms with Crippen LogP contribution >= 0.6 is 39.7 Å². The third kappa shape index (κ3) is 4.77. The average Bonchev–Trinajstić information content (AvgIpc) is 2.24. The molecule has 0 radical (unpaired) electrons. The monoisotopic (exact) mass is 338 g/mol. The van der Waals surface area contributed by atoms with Gasteiger partial charge in [0.05, 0.1) is 10.7 Å². The molecule has 1 aromatic carbocycles. The zero-order chi connectivity index (χ0) is 12.8. The van der Waals surface area contributed by atoms with Gasteiger partial charge in [0.1, 0.15) is 5.82 Å². The van der Waals surface area contributed by atoms with E-state index < -0.39 is 5.82 Å². The van der Waals surface area contributed by atoms with Crippen LogP contribution in [0.5, 0.6) is 0 Å². The number of benzene rings is 1. The fraction of sp³-hybridized carbons (Fsp3) is 0.364. The number of halogens is 3. The molecule has 1 aromatic rings. The summed E-state index contributed by atoms with van der Waals surface area (Å²) in [5, 5.41) is 6.76. The van der Waals surface area contributed by atoms with E-state index in [4.69, 9.17) is 23.8 Å². The maximum Gasteiger partial charge on any atom is 0.170 e. The Labute approximate surface area is 119 Å². The number of nitrogens with one attached hydrogen (secondary N) is 2. The summed E-state index contributed by atoms with van der Waals surface area (Å²) in [6.45, 7) is 2.91. The van der Waals surface area contributed by atoms with Crippen molar-refractivity contribution in [3.05, 3.63) is 27.4 Å². The van der Waals surface area contributed by atoms with Crippen LogP contribution in [0, 0.1) is 5.82 Å². The van der Waals surface area contributed by atoms with E-state index in [0.29, 0.717) is 15.3 Å². The highest BCUT2D eigenvalue weighted by Crippen LogP contribution is 2.31. The number of thiocarbonyl (C=S) groups is 1. The molecule has 94 valence electrons. The highest BCUT2D eigenvalue weighted by Gasteiger charge is 2.09. The predicted octanol–water partition coefficient (Wildman–Crippen LogP) is 4.33. The van der Waals surface area contributed by atoms with Crippen molar-refractivity contribution in [3.63, 3.8) is 0 Å². The average molecular weight is 340 g/mol. The van der Waals surface area contributed by atoms with E-state index in [-0.39, 0.29) is 5.02 Å². The SMILES string of the molecule is CCCCNC(=S)Nc1c(Cl)cc(F)cc1Br. The molecule has 0 spiro atoms. The second kappa shape index (κ2) is 7.13. The van der Waals surface area contributed by atoms with Crippen LogP contribution in [0.2, 0.25) is 5.02 Å². The molecule has 0 bridgehead atoms. The number of hydrogen-bond acceptors (Lipinski definition) is 1. The molecule has 0 heterocycles. The molecule has 6 heteroatoms. The minimum absolute atomic E-state index is 0.288. The van der Waals surface area contributed by atoms with Crippen molar-refractivity contribution in [2.24, 2.45) is 0 Å². The summed E-state index contributed by atoms with van der Waals surface area (Å²) in [4.78, 5) is 0. The van der Waals surface area contributed by atoms with Crippen molar-refractivity contribution in [3.8, 4) is 0 Å². The molecule has 0 aliphatic heterocycles. The van der Waals surface area contributed by atoms with Gasteiger partial charge in [0.15, 0.2) is 5.11 Å². The van der Waals surface area contributed by atoms with Crippen molar-refractivity contribution < 1.29 is 4.39 Å². The molecule has 0 aliphatic carbocycles. The first kappa shape index (κ1) is 14.7. The highest BCUT2D eigenvalue weighted by molar-refractivity contribution is 9.10. The van der Waals surface area contributed by atoms with Crippen molar-refractivity contribution in [1.29, 1.82) is 0 Å². The van der Waals surface area contributed by atoms with E-state index in [2.05, 4.69) is 33.5 Å². The molecule has 2 nitrogen and oxygen atoms in total. The molecular weight excluding hydrogens is 327 g/mol. The van der Waals surface area contributed by atoms with E-state index in [1.165, 1.54) is 12.1 Å². The second-order valence-electron chi connectivity index (χ2n) is 3.48. The Morgan fingerprint density at radius 2 is 2.24 bits per heavy atom. The number of rotatable bonds is 4. The zero-order valence-corrected chi connectivity index (χ0v) is 12.5. The molecule has 0 amide bonds. The van der Waals surface area contributed by atoms with Crippen LogP contribution in [0.4, 0.5) is 10.1 Å².